The number of ether oxygens (including phenoxy) is 1. The standard InChI is InChI=1S/C23H29N3O2/c1-2-10-26-21-9-8-20(15-22(21)28-18-23(26)27)17-25-13-11-24(12-14-25)16-19-6-4-3-5-7-19/h3-9,15H,2,10-14,16-18H2,1H3. The summed E-state index contributed by atoms with van der Waals surface area (Å²) in [7, 11) is 0. The van der Waals surface area contributed by atoms with Crippen LogP contribution < -0.4 is 9.64 Å². The molecule has 0 aromatic heterocycles. The van der Waals surface area contributed by atoms with Crippen molar-refractivity contribution in [3.8, 4) is 5.75 Å². The van der Waals surface area contributed by atoms with Crippen LogP contribution in [0.5, 0.6) is 5.75 Å². The fraction of sp³-hybridized carbons (Fsp3) is 0.435. The summed E-state index contributed by atoms with van der Waals surface area (Å²) in [6.45, 7) is 9.28. The highest BCUT2D eigenvalue weighted by Crippen LogP contribution is 2.33. The maximum absolute atomic E-state index is 12.1. The molecule has 2 aliphatic rings. The number of amides is 1. The van der Waals surface area contributed by atoms with E-state index >= 15 is 0 Å². The van der Waals surface area contributed by atoms with Crippen LogP contribution in [-0.2, 0) is 17.9 Å². The van der Waals surface area contributed by atoms with E-state index in [-0.39, 0.29) is 12.5 Å². The summed E-state index contributed by atoms with van der Waals surface area (Å²) in [6.07, 6.45) is 0.945. The Morgan fingerprint density at radius 3 is 2.25 bits per heavy atom. The molecule has 0 radical (unpaired) electrons. The molecule has 0 spiro atoms. The Kier molecular flexibility index (Phi) is 5.93. The lowest BCUT2D eigenvalue weighted by molar-refractivity contribution is -0.121. The number of hydrogen-bond acceptors (Lipinski definition) is 4. The van der Waals surface area contributed by atoms with Crippen molar-refractivity contribution >= 4 is 11.6 Å². The van der Waals surface area contributed by atoms with Gasteiger partial charge in [-0.15, -0.1) is 0 Å². The van der Waals surface area contributed by atoms with Crippen molar-refractivity contribution < 1.29 is 9.53 Å². The predicted octanol–water partition coefficient (Wildman–Crippen LogP) is 3.14. The van der Waals surface area contributed by atoms with Gasteiger partial charge in [0.25, 0.3) is 5.91 Å². The Labute approximate surface area is 167 Å². The van der Waals surface area contributed by atoms with E-state index in [2.05, 4.69) is 59.2 Å². The number of piperazine rings is 1. The molecule has 0 saturated carbocycles. The van der Waals surface area contributed by atoms with E-state index in [4.69, 9.17) is 4.74 Å². The molecule has 0 aliphatic carbocycles. The summed E-state index contributed by atoms with van der Waals surface area (Å²) in [6, 6.07) is 17.0. The van der Waals surface area contributed by atoms with Crippen LogP contribution in [0.3, 0.4) is 0 Å². The molecule has 5 nitrogen and oxygen atoms in total. The molecule has 1 fully saturated rings. The van der Waals surface area contributed by atoms with Crippen LogP contribution in [0.4, 0.5) is 5.69 Å². The van der Waals surface area contributed by atoms with Crippen LogP contribution in [0.2, 0.25) is 0 Å². The van der Waals surface area contributed by atoms with Crippen molar-refractivity contribution in [1.82, 2.24) is 9.80 Å². The first-order valence-electron chi connectivity index (χ1n) is 10.3. The van der Waals surface area contributed by atoms with Crippen molar-refractivity contribution in [3.05, 3.63) is 59.7 Å². The smallest absolute Gasteiger partial charge is 0.265 e. The molecule has 2 aromatic carbocycles. The zero-order valence-corrected chi connectivity index (χ0v) is 16.6. The molecule has 0 bridgehead atoms. The summed E-state index contributed by atoms with van der Waals surface area (Å²) in [5, 5.41) is 0. The molecular formula is C23H29N3O2. The van der Waals surface area contributed by atoms with Gasteiger partial charge in [-0.2, -0.15) is 0 Å². The molecule has 2 aliphatic heterocycles. The van der Waals surface area contributed by atoms with Gasteiger partial charge in [0, 0.05) is 45.8 Å². The molecule has 28 heavy (non-hydrogen) atoms. The lowest BCUT2D eigenvalue weighted by Gasteiger charge is -2.35. The first-order valence-corrected chi connectivity index (χ1v) is 10.3. The number of benzene rings is 2. The Bertz CT molecular complexity index is 801. The summed E-state index contributed by atoms with van der Waals surface area (Å²) in [5.74, 6) is 0.893. The van der Waals surface area contributed by atoms with Gasteiger partial charge < -0.3 is 9.64 Å². The van der Waals surface area contributed by atoms with Crippen molar-refractivity contribution in [2.24, 2.45) is 0 Å². The maximum atomic E-state index is 12.1. The highest BCUT2D eigenvalue weighted by molar-refractivity contribution is 5.97. The molecule has 2 aromatic rings. The molecule has 0 N–H and O–H groups in total. The molecule has 5 heteroatoms. The monoisotopic (exact) mass is 379 g/mol. The second kappa shape index (κ2) is 8.76. The van der Waals surface area contributed by atoms with E-state index in [0.717, 1.165) is 63.7 Å². The van der Waals surface area contributed by atoms with Crippen molar-refractivity contribution in [1.29, 1.82) is 0 Å². The number of rotatable bonds is 6. The second-order valence-corrected chi connectivity index (χ2v) is 7.67. The van der Waals surface area contributed by atoms with Crippen LogP contribution >= 0.6 is 0 Å². The lowest BCUT2D eigenvalue weighted by atomic mass is 10.1. The second-order valence-electron chi connectivity index (χ2n) is 7.67. The number of fused-ring (bicyclic) bond motifs is 1. The first-order chi connectivity index (χ1) is 13.7. The van der Waals surface area contributed by atoms with Gasteiger partial charge in [0.05, 0.1) is 5.69 Å². The normalized spacial score (nSPS) is 18.0. The minimum Gasteiger partial charge on any atom is -0.482 e. The fourth-order valence-corrected chi connectivity index (χ4v) is 4.02. The maximum Gasteiger partial charge on any atom is 0.265 e. The van der Waals surface area contributed by atoms with Crippen molar-refractivity contribution in [2.45, 2.75) is 26.4 Å². The SMILES string of the molecule is CCCN1C(=O)COc2cc(CN3CCN(Cc4ccccc4)CC3)ccc21. The molecule has 4 rings (SSSR count). The minimum absolute atomic E-state index is 0.0524. The van der Waals surface area contributed by atoms with Gasteiger partial charge >= 0.3 is 0 Å². The third kappa shape index (κ3) is 4.37. The van der Waals surface area contributed by atoms with Gasteiger partial charge in [0.15, 0.2) is 6.61 Å². The Morgan fingerprint density at radius 1 is 0.893 bits per heavy atom. The van der Waals surface area contributed by atoms with Crippen LogP contribution in [0.25, 0.3) is 0 Å². The van der Waals surface area contributed by atoms with E-state index in [1.165, 1.54) is 11.1 Å². The Balaban J connectivity index is 1.34. The Morgan fingerprint density at radius 2 is 1.57 bits per heavy atom. The first kappa shape index (κ1) is 19.0. The quantitative estimate of drug-likeness (QED) is 0.773. The van der Waals surface area contributed by atoms with Gasteiger partial charge in [-0.1, -0.05) is 43.3 Å². The summed E-state index contributed by atoms with van der Waals surface area (Å²) in [5.41, 5.74) is 3.55. The van der Waals surface area contributed by atoms with E-state index in [1.54, 1.807) is 0 Å². The van der Waals surface area contributed by atoms with Gasteiger partial charge in [-0.05, 0) is 29.7 Å². The zero-order chi connectivity index (χ0) is 19.3. The average Bonchev–Trinajstić information content (AvgIpc) is 2.72. The number of carbonyl (C=O) groups excluding carboxylic acids is 1. The molecule has 1 saturated heterocycles. The number of hydrogen-bond donors (Lipinski definition) is 0. The molecule has 148 valence electrons. The third-order valence-electron chi connectivity index (χ3n) is 5.53. The zero-order valence-electron chi connectivity index (χ0n) is 16.6. The summed E-state index contributed by atoms with van der Waals surface area (Å²) < 4.78 is 5.71. The van der Waals surface area contributed by atoms with E-state index in [1.807, 2.05) is 11.0 Å². The van der Waals surface area contributed by atoms with Crippen LogP contribution in [-0.4, -0.2) is 55.0 Å². The van der Waals surface area contributed by atoms with Crippen LogP contribution in [0.1, 0.15) is 24.5 Å². The van der Waals surface area contributed by atoms with Crippen molar-refractivity contribution in [2.75, 3.05) is 44.2 Å². The minimum atomic E-state index is 0.0524. The molecule has 2 heterocycles. The summed E-state index contributed by atoms with van der Waals surface area (Å²) in [4.78, 5) is 19.0. The van der Waals surface area contributed by atoms with Gasteiger partial charge in [0.1, 0.15) is 5.75 Å². The molecule has 1 amide bonds. The number of carbonyl (C=O) groups is 1. The highest BCUT2D eigenvalue weighted by atomic mass is 16.5. The molecular weight excluding hydrogens is 350 g/mol. The Hall–Kier alpha value is -2.37. The van der Waals surface area contributed by atoms with E-state index < -0.39 is 0 Å². The highest BCUT2D eigenvalue weighted by Gasteiger charge is 2.25. The number of anilines is 1. The predicted molar refractivity (Wildman–Crippen MR) is 112 cm³/mol. The topological polar surface area (TPSA) is 36.0 Å². The van der Waals surface area contributed by atoms with Crippen LogP contribution in [0, 0.1) is 0 Å². The van der Waals surface area contributed by atoms with Crippen LogP contribution in [0.15, 0.2) is 48.5 Å². The largest absolute Gasteiger partial charge is 0.482 e. The van der Waals surface area contributed by atoms with E-state index in [9.17, 15) is 4.79 Å². The lowest BCUT2D eigenvalue weighted by Crippen LogP contribution is -2.45. The fourth-order valence-electron chi connectivity index (χ4n) is 4.02. The summed E-state index contributed by atoms with van der Waals surface area (Å²) >= 11 is 0. The van der Waals surface area contributed by atoms with Gasteiger partial charge in [0.2, 0.25) is 0 Å². The van der Waals surface area contributed by atoms with Gasteiger partial charge in [-0.25, -0.2) is 0 Å². The van der Waals surface area contributed by atoms with Gasteiger partial charge in [-0.3, -0.25) is 14.6 Å². The molecule has 0 atom stereocenters. The number of nitrogens with zero attached hydrogens (tertiary/aromatic N) is 3. The average molecular weight is 380 g/mol. The van der Waals surface area contributed by atoms with Crippen molar-refractivity contribution in [3.63, 3.8) is 0 Å². The van der Waals surface area contributed by atoms with E-state index in [0.29, 0.717) is 0 Å². The molecule has 0 unspecified atom stereocenters. The third-order valence-corrected chi connectivity index (χ3v) is 5.53.